The van der Waals surface area contributed by atoms with Gasteiger partial charge in [-0.15, -0.1) is 0 Å². The Labute approximate surface area is 118 Å². The van der Waals surface area contributed by atoms with Crippen LogP contribution in [0.1, 0.15) is 25.3 Å². The summed E-state index contributed by atoms with van der Waals surface area (Å²) in [6.07, 6.45) is 2.08. The van der Waals surface area contributed by atoms with E-state index in [0.29, 0.717) is 17.2 Å². The van der Waals surface area contributed by atoms with Crippen molar-refractivity contribution < 1.29 is 10.0 Å². The fourth-order valence-corrected chi connectivity index (χ4v) is 2.23. The van der Waals surface area contributed by atoms with Gasteiger partial charge in [0.2, 0.25) is 0 Å². The van der Waals surface area contributed by atoms with Gasteiger partial charge in [-0.1, -0.05) is 24.2 Å². The van der Waals surface area contributed by atoms with Gasteiger partial charge in [-0.2, -0.15) is 0 Å². The second-order valence-corrected chi connectivity index (χ2v) is 5.17. The van der Waals surface area contributed by atoms with E-state index in [4.69, 9.17) is 10.9 Å². The highest BCUT2D eigenvalue weighted by Gasteiger charge is 2.20. The first-order valence-corrected chi connectivity index (χ1v) is 6.74. The normalized spacial score (nSPS) is 17.1. The second-order valence-electron chi connectivity index (χ2n) is 5.17. The molecule has 0 aliphatic carbocycles. The molecule has 4 N–H and O–H groups in total. The van der Waals surface area contributed by atoms with Crippen LogP contribution in [0, 0.1) is 5.92 Å². The lowest BCUT2D eigenvalue weighted by atomic mass is 10.00. The van der Waals surface area contributed by atoms with Crippen molar-refractivity contribution in [3.05, 3.63) is 29.8 Å². The van der Waals surface area contributed by atoms with Crippen LogP contribution in [0.3, 0.4) is 0 Å². The maximum Gasteiger partial charge on any atom is 0.321 e. The van der Waals surface area contributed by atoms with Crippen LogP contribution in [0.2, 0.25) is 0 Å². The molecule has 1 heterocycles. The average Bonchev–Trinajstić information content (AvgIpc) is 2.47. The molecule has 108 valence electrons. The zero-order valence-electron chi connectivity index (χ0n) is 11.5. The molecule has 1 aromatic rings. The van der Waals surface area contributed by atoms with E-state index >= 15 is 0 Å². The Bertz CT molecular complexity index is 508. The summed E-state index contributed by atoms with van der Waals surface area (Å²) in [5, 5.41) is 14.4. The Morgan fingerprint density at radius 3 is 2.80 bits per heavy atom. The van der Waals surface area contributed by atoms with E-state index in [1.165, 1.54) is 0 Å². The maximum absolute atomic E-state index is 12.1. The number of benzene rings is 1. The molecule has 20 heavy (non-hydrogen) atoms. The van der Waals surface area contributed by atoms with Gasteiger partial charge in [-0.3, -0.25) is 0 Å². The Morgan fingerprint density at radius 1 is 1.45 bits per heavy atom. The Hall–Kier alpha value is -2.24. The van der Waals surface area contributed by atoms with Gasteiger partial charge < -0.3 is 21.2 Å². The highest BCUT2D eigenvalue weighted by molar-refractivity contribution is 5.99. The van der Waals surface area contributed by atoms with E-state index in [0.717, 1.165) is 25.9 Å². The fourth-order valence-electron chi connectivity index (χ4n) is 2.23. The summed E-state index contributed by atoms with van der Waals surface area (Å²) >= 11 is 0. The largest absolute Gasteiger partial charge is 0.409 e. The van der Waals surface area contributed by atoms with Crippen LogP contribution in [-0.4, -0.2) is 35.1 Å². The van der Waals surface area contributed by atoms with E-state index in [-0.39, 0.29) is 11.9 Å². The molecular weight excluding hydrogens is 256 g/mol. The van der Waals surface area contributed by atoms with Crippen LogP contribution in [0.25, 0.3) is 0 Å². The first-order chi connectivity index (χ1) is 9.60. The van der Waals surface area contributed by atoms with Crippen molar-refractivity contribution in [1.82, 2.24) is 4.90 Å². The van der Waals surface area contributed by atoms with Crippen LogP contribution in [0.4, 0.5) is 10.5 Å². The van der Waals surface area contributed by atoms with Crippen molar-refractivity contribution in [2.24, 2.45) is 16.8 Å². The number of oxime groups is 1. The van der Waals surface area contributed by atoms with Gasteiger partial charge in [0.05, 0.1) is 0 Å². The quantitative estimate of drug-likeness (QED) is 0.334. The zero-order chi connectivity index (χ0) is 14.5. The number of amidine groups is 1. The predicted octanol–water partition coefficient (Wildman–Crippen LogP) is 2.04. The minimum absolute atomic E-state index is 0.0212. The highest BCUT2D eigenvalue weighted by atomic mass is 16.4. The molecule has 1 aliphatic heterocycles. The number of hydrogen-bond donors (Lipinski definition) is 3. The second kappa shape index (κ2) is 6.27. The molecule has 6 nitrogen and oxygen atoms in total. The van der Waals surface area contributed by atoms with Crippen molar-refractivity contribution in [2.75, 3.05) is 18.4 Å². The third-order valence-corrected chi connectivity index (χ3v) is 3.59. The predicted molar refractivity (Wildman–Crippen MR) is 77.9 cm³/mol. The summed E-state index contributed by atoms with van der Waals surface area (Å²) in [6, 6.07) is 6.82. The molecule has 2 rings (SSSR count). The number of anilines is 1. The summed E-state index contributed by atoms with van der Waals surface area (Å²) < 4.78 is 0. The number of nitrogens with one attached hydrogen (secondary N) is 1. The van der Waals surface area contributed by atoms with E-state index in [1.807, 2.05) is 4.90 Å². The molecule has 1 aromatic carbocycles. The molecule has 2 amide bonds. The third kappa shape index (κ3) is 3.40. The number of hydrogen-bond acceptors (Lipinski definition) is 3. The molecule has 1 saturated heterocycles. The maximum atomic E-state index is 12.1. The van der Waals surface area contributed by atoms with Crippen LogP contribution in [-0.2, 0) is 0 Å². The van der Waals surface area contributed by atoms with Gasteiger partial charge >= 0.3 is 6.03 Å². The highest BCUT2D eigenvalue weighted by Crippen LogP contribution is 2.17. The number of nitrogens with two attached hydrogens (primary N) is 1. The number of carbonyl (C=O) groups is 1. The van der Waals surface area contributed by atoms with Crippen LogP contribution in [0.15, 0.2) is 29.4 Å². The van der Waals surface area contributed by atoms with Gasteiger partial charge in [-0.05, 0) is 30.9 Å². The smallest absolute Gasteiger partial charge is 0.321 e. The van der Waals surface area contributed by atoms with Crippen molar-refractivity contribution in [2.45, 2.75) is 19.8 Å². The summed E-state index contributed by atoms with van der Waals surface area (Å²) in [4.78, 5) is 13.9. The minimum Gasteiger partial charge on any atom is -0.409 e. The summed E-state index contributed by atoms with van der Waals surface area (Å²) in [6.45, 7) is 3.77. The van der Waals surface area contributed by atoms with Crippen LogP contribution >= 0.6 is 0 Å². The Morgan fingerprint density at radius 2 is 2.15 bits per heavy atom. The molecule has 0 radical (unpaired) electrons. The SMILES string of the molecule is CC1CCN(C(=O)Nc2cccc(C(N)=NO)c2)CC1. The first kappa shape index (κ1) is 14.2. The lowest BCUT2D eigenvalue weighted by Gasteiger charge is -2.30. The average molecular weight is 276 g/mol. The van der Waals surface area contributed by atoms with Gasteiger partial charge in [0.1, 0.15) is 0 Å². The molecule has 1 aliphatic rings. The number of urea groups is 1. The van der Waals surface area contributed by atoms with Crippen LogP contribution < -0.4 is 11.1 Å². The first-order valence-electron chi connectivity index (χ1n) is 6.74. The number of nitrogens with zero attached hydrogens (tertiary/aromatic N) is 2. The molecular formula is C14H20N4O2. The van der Waals surface area contributed by atoms with Crippen molar-refractivity contribution in [3.8, 4) is 0 Å². The van der Waals surface area contributed by atoms with Crippen LogP contribution in [0.5, 0.6) is 0 Å². The van der Waals surface area contributed by atoms with E-state index in [2.05, 4.69) is 17.4 Å². The molecule has 0 unspecified atom stereocenters. The number of rotatable bonds is 2. The lowest BCUT2D eigenvalue weighted by Crippen LogP contribution is -2.40. The standard InChI is InChI=1S/C14H20N4O2/c1-10-5-7-18(8-6-10)14(19)16-12-4-2-3-11(9-12)13(15)17-20/h2-4,9-10,20H,5-8H2,1H3,(H2,15,17)(H,16,19). The molecule has 0 spiro atoms. The molecule has 1 fully saturated rings. The van der Waals surface area contributed by atoms with Gasteiger partial charge in [-0.25, -0.2) is 4.79 Å². The summed E-state index contributed by atoms with van der Waals surface area (Å²) in [5.74, 6) is 0.704. The molecule has 0 aromatic heterocycles. The zero-order valence-corrected chi connectivity index (χ0v) is 11.5. The van der Waals surface area contributed by atoms with Gasteiger partial charge in [0.25, 0.3) is 0 Å². The summed E-state index contributed by atoms with van der Waals surface area (Å²) in [5.41, 5.74) is 6.73. The van der Waals surface area contributed by atoms with Crippen molar-refractivity contribution in [1.29, 1.82) is 0 Å². The van der Waals surface area contributed by atoms with E-state index in [1.54, 1.807) is 24.3 Å². The number of carbonyl (C=O) groups excluding carboxylic acids is 1. The summed E-state index contributed by atoms with van der Waals surface area (Å²) in [7, 11) is 0. The van der Waals surface area contributed by atoms with Gasteiger partial charge in [0, 0.05) is 24.3 Å². The minimum atomic E-state index is -0.103. The number of likely N-dealkylation sites (tertiary alicyclic amines) is 1. The van der Waals surface area contributed by atoms with Crippen molar-refractivity contribution in [3.63, 3.8) is 0 Å². The van der Waals surface area contributed by atoms with Crippen molar-refractivity contribution >= 4 is 17.6 Å². The molecule has 0 atom stereocenters. The van der Waals surface area contributed by atoms with E-state index < -0.39 is 0 Å². The Kier molecular flexibility index (Phi) is 4.45. The number of amides is 2. The molecule has 0 saturated carbocycles. The fraction of sp³-hybridized carbons (Fsp3) is 0.429. The topological polar surface area (TPSA) is 91.0 Å². The lowest BCUT2D eigenvalue weighted by molar-refractivity contribution is 0.186. The van der Waals surface area contributed by atoms with E-state index in [9.17, 15) is 4.79 Å². The monoisotopic (exact) mass is 276 g/mol. The third-order valence-electron chi connectivity index (χ3n) is 3.59. The molecule has 0 bridgehead atoms. The van der Waals surface area contributed by atoms with Gasteiger partial charge in [0.15, 0.2) is 5.84 Å². The number of piperidine rings is 1. The Balaban J connectivity index is 2.01. The molecule has 6 heteroatoms.